The van der Waals surface area contributed by atoms with Crippen LogP contribution in [0.5, 0.6) is 0 Å². The Morgan fingerprint density at radius 3 is 2.44 bits per heavy atom. The van der Waals surface area contributed by atoms with E-state index in [0.29, 0.717) is 19.3 Å². The monoisotopic (exact) mass is 479 g/mol. The summed E-state index contributed by atoms with van der Waals surface area (Å²) in [6.07, 6.45) is 1.37. The molecule has 6 atom stereocenters. The lowest BCUT2D eigenvalue weighted by molar-refractivity contribution is -0.172. The number of fused-ring (bicyclic) bond motifs is 3. The fraction of sp³-hybridized carbons (Fsp3) is 0.750. The average molecular weight is 480 g/mol. The predicted octanol–water partition coefficient (Wildman–Crippen LogP) is 1.27. The Hall–Kier alpha value is -2.78. The highest BCUT2D eigenvalue weighted by Crippen LogP contribution is 2.57. The minimum absolute atomic E-state index is 0.00545. The van der Waals surface area contributed by atoms with Crippen molar-refractivity contribution in [3.05, 3.63) is 0 Å². The number of ether oxygens (including phenoxy) is 3. The standard InChI is InChI=1S/C24H33NO9/c1-23-12-16(26)21-13(14(23)6-7-17(23)27)5-8-19(29)34-24(21,2)10-9-18(28)25-15(22(31)33-4)11-20(30)32-3/h13-15,21H,5-12H2,1-4H3,(H,25,28)/t13-,14-,15-,21+,23-,24+/m0/s1. The first-order chi connectivity index (χ1) is 15.9. The number of carbonyl (C=O) groups is 6. The minimum Gasteiger partial charge on any atom is -0.469 e. The molecule has 0 radical (unpaired) electrons. The zero-order chi connectivity index (χ0) is 25.3. The number of ketones is 2. The Labute approximate surface area is 198 Å². The number of nitrogens with one attached hydrogen (secondary N) is 1. The minimum atomic E-state index is -1.22. The van der Waals surface area contributed by atoms with Crippen molar-refractivity contribution in [2.45, 2.75) is 76.9 Å². The first kappa shape index (κ1) is 25.8. The highest BCUT2D eigenvalue weighted by Gasteiger charge is 2.61. The summed E-state index contributed by atoms with van der Waals surface area (Å²) in [4.78, 5) is 74.6. The number of cyclic esters (lactones) is 1. The fourth-order valence-electron chi connectivity index (χ4n) is 6.20. The summed E-state index contributed by atoms with van der Waals surface area (Å²) >= 11 is 0. The number of hydrogen-bond donors (Lipinski definition) is 1. The van der Waals surface area contributed by atoms with E-state index in [1.165, 1.54) is 7.11 Å². The molecule has 0 aromatic carbocycles. The molecule has 1 N–H and O–H groups in total. The van der Waals surface area contributed by atoms with E-state index in [1.807, 2.05) is 6.92 Å². The summed E-state index contributed by atoms with van der Waals surface area (Å²) in [5.41, 5.74) is -1.92. The van der Waals surface area contributed by atoms with Crippen LogP contribution in [-0.4, -0.2) is 61.2 Å². The summed E-state index contributed by atoms with van der Waals surface area (Å²) in [5, 5.41) is 2.46. The average Bonchev–Trinajstić information content (AvgIpc) is 2.99. The Balaban J connectivity index is 1.77. The van der Waals surface area contributed by atoms with Crippen LogP contribution in [0.3, 0.4) is 0 Å². The van der Waals surface area contributed by atoms with Crippen molar-refractivity contribution in [2.24, 2.45) is 23.2 Å². The summed E-state index contributed by atoms with van der Waals surface area (Å²) in [6.45, 7) is 3.53. The van der Waals surface area contributed by atoms with Gasteiger partial charge in [-0.05, 0) is 38.0 Å². The van der Waals surface area contributed by atoms with E-state index in [-0.39, 0.29) is 49.1 Å². The van der Waals surface area contributed by atoms with Gasteiger partial charge in [-0.3, -0.25) is 24.0 Å². The third-order valence-corrected chi connectivity index (χ3v) is 7.93. The molecule has 188 valence electrons. The van der Waals surface area contributed by atoms with Crippen LogP contribution in [0.15, 0.2) is 0 Å². The largest absolute Gasteiger partial charge is 0.469 e. The molecular formula is C24H33NO9. The molecule has 10 nitrogen and oxygen atoms in total. The van der Waals surface area contributed by atoms with Gasteiger partial charge in [-0.15, -0.1) is 0 Å². The zero-order valence-electron chi connectivity index (χ0n) is 20.1. The highest BCUT2D eigenvalue weighted by atomic mass is 16.6. The number of esters is 3. The van der Waals surface area contributed by atoms with Crippen LogP contribution in [0.25, 0.3) is 0 Å². The molecule has 3 fully saturated rings. The van der Waals surface area contributed by atoms with Gasteiger partial charge in [0.2, 0.25) is 5.91 Å². The molecule has 1 saturated heterocycles. The van der Waals surface area contributed by atoms with Crippen LogP contribution in [0.2, 0.25) is 0 Å². The topological polar surface area (TPSA) is 142 Å². The third kappa shape index (κ3) is 4.86. The Morgan fingerprint density at radius 2 is 1.79 bits per heavy atom. The van der Waals surface area contributed by atoms with Crippen molar-refractivity contribution < 1.29 is 43.0 Å². The van der Waals surface area contributed by atoms with Crippen LogP contribution in [-0.2, 0) is 43.0 Å². The van der Waals surface area contributed by atoms with Crippen molar-refractivity contribution in [3.8, 4) is 0 Å². The van der Waals surface area contributed by atoms with Crippen molar-refractivity contribution >= 4 is 35.4 Å². The van der Waals surface area contributed by atoms with Gasteiger partial charge in [-0.1, -0.05) is 6.92 Å². The van der Waals surface area contributed by atoms with Gasteiger partial charge in [0.05, 0.1) is 26.6 Å². The van der Waals surface area contributed by atoms with E-state index >= 15 is 0 Å². The SMILES string of the molecule is COC(=O)C[C@H](NC(=O)CC[C@@]1(C)OC(=O)CC[C@@H]2[C@@H]1C(=O)C[C@]1(C)C(=O)CC[C@@H]21)C(=O)OC. The molecule has 3 rings (SSSR count). The van der Waals surface area contributed by atoms with Crippen LogP contribution >= 0.6 is 0 Å². The highest BCUT2D eigenvalue weighted by molar-refractivity contribution is 5.96. The van der Waals surface area contributed by atoms with Crippen molar-refractivity contribution in [1.29, 1.82) is 0 Å². The van der Waals surface area contributed by atoms with Gasteiger partial charge in [0.25, 0.3) is 0 Å². The molecule has 0 bridgehead atoms. The second kappa shape index (κ2) is 9.84. The van der Waals surface area contributed by atoms with Gasteiger partial charge < -0.3 is 19.5 Å². The number of hydrogen-bond acceptors (Lipinski definition) is 9. The number of rotatable bonds is 7. The summed E-state index contributed by atoms with van der Waals surface area (Å²) < 4.78 is 15.0. The van der Waals surface area contributed by atoms with E-state index in [0.717, 1.165) is 7.11 Å². The second-order valence-electron chi connectivity index (χ2n) is 10.0. The van der Waals surface area contributed by atoms with Gasteiger partial charge in [0.1, 0.15) is 23.2 Å². The lowest BCUT2D eigenvalue weighted by Gasteiger charge is -2.48. The molecular weight excluding hydrogens is 446 g/mol. The van der Waals surface area contributed by atoms with Gasteiger partial charge in [0, 0.05) is 31.1 Å². The van der Waals surface area contributed by atoms with E-state index in [2.05, 4.69) is 14.8 Å². The number of carbonyl (C=O) groups excluding carboxylic acids is 6. The van der Waals surface area contributed by atoms with Crippen LogP contribution in [0.1, 0.15) is 65.2 Å². The van der Waals surface area contributed by atoms with Crippen molar-refractivity contribution in [1.82, 2.24) is 5.32 Å². The van der Waals surface area contributed by atoms with E-state index in [4.69, 9.17) is 4.74 Å². The summed E-state index contributed by atoms with van der Waals surface area (Å²) in [6, 6.07) is -1.22. The lowest BCUT2D eigenvalue weighted by Crippen LogP contribution is -2.55. The first-order valence-electron chi connectivity index (χ1n) is 11.7. The van der Waals surface area contributed by atoms with E-state index < -0.39 is 53.2 Å². The normalized spacial score (nSPS) is 33.6. The van der Waals surface area contributed by atoms with Gasteiger partial charge >= 0.3 is 17.9 Å². The molecule has 1 amide bonds. The number of Topliss-reactive ketones (excluding diaryl/α,β-unsaturated/α-hetero) is 2. The zero-order valence-corrected chi connectivity index (χ0v) is 20.1. The summed E-state index contributed by atoms with van der Waals surface area (Å²) in [7, 11) is 2.31. The quantitative estimate of drug-likeness (QED) is 0.422. The fourth-order valence-corrected chi connectivity index (χ4v) is 6.20. The summed E-state index contributed by atoms with van der Waals surface area (Å²) in [5.74, 6) is -3.29. The Kier molecular flexibility index (Phi) is 7.47. The molecule has 2 aliphatic carbocycles. The van der Waals surface area contributed by atoms with Crippen molar-refractivity contribution in [3.63, 3.8) is 0 Å². The molecule has 0 spiro atoms. The van der Waals surface area contributed by atoms with Gasteiger partial charge in [-0.2, -0.15) is 0 Å². The Bertz CT molecular complexity index is 899. The van der Waals surface area contributed by atoms with E-state index in [9.17, 15) is 28.8 Å². The second-order valence-corrected chi connectivity index (χ2v) is 10.0. The van der Waals surface area contributed by atoms with Crippen LogP contribution in [0, 0.1) is 23.2 Å². The Morgan fingerprint density at radius 1 is 1.09 bits per heavy atom. The molecule has 3 aliphatic rings. The van der Waals surface area contributed by atoms with Crippen molar-refractivity contribution in [2.75, 3.05) is 14.2 Å². The van der Waals surface area contributed by atoms with E-state index in [1.54, 1.807) is 6.92 Å². The molecule has 1 heterocycles. The maximum atomic E-state index is 13.3. The molecule has 10 heteroatoms. The van der Waals surface area contributed by atoms with Crippen LogP contribution < -0.4 is 5.32 Å². The molecule has 34 heavy (non-hydrogen) atoms. The van der Waals surface area contributed by atoms with Gasteiger partial charge in [0.15, 0.2) is 0 Å². The first-order valence-corrected chi connectivity index (χ1v) is 11.7. The molecule has 0 unspecified atom stereocenters. The molecule has 0 aromatic rings. The maximum absolute atomic E-state index is 13.3. The van der Waals surface area contributed by atoms with Gasteiger partial charge in [-0.25, -0.2) is 4.79 Å². The molecule has 2 saturated carbocycles. The molecule has 1 aliphatic heterocycles. The lowest BCUT2D eigenvalue weighted by atomic mass is 9.55. The smallest absolute Gasteiger partial charge is 0.328 e. The molecule has 0 aromatic heterocycles. The van der Waals surface area contributed by atoms with Crippen LogP contribution in [0.4, 0.5) is 0 Å². The number of amides is 1. The third-order valence-electron chi connectivity index (χ3n) is 7.93. The maximum Gasteiger partial charge on any atom is 0.328 e. The number of methoxy groups -OCH3 is 2. The predicted molar refractivity (Wildman–Crippen MR) is 116 cm³/mol.